The first-order valence-corrected chi connectivity index (χ1v) is 49.7. The molecule has 13 atom stereocenters. The number of halogens is 1. The summed E-state index contributed by atoms with van der Waals surface area (Å²) in [6.07, 6.45) is 32.8. The average Bonchev–Trinajstić information content (AvgIpc) is 1.55. The van der Waals surface area contributed by atoms with E-state index in [4.69, 9.17) is 21.7 Å². The first kappa shape index (κ1) is 90.4. The van der Waals surface area contributed by atoms with Crippen molar-refractivity contribution >= 4 is 130 Å². The maximum absolute atomic E-state index is 11.4. The summed E-state index contributed by atoms with van der Waals surface area (Å²) in [5.41, 5.74) is 17.3. The number of hydrogen-bond acceptors (Lipinski definition) is 17. The summed E-state index contributed by atoms with van der Waals surface area (Å²) in [5, 5.41) is 15.6. The van der Waals surface area contributed by atoms with Gasteiger partial charge in [0.05, 0.1) is 54.6 Å². The van der Waals surface area contributed by atoms with Crippen molar-refractivity contribution in [3.05, 3.63) is 142 Å². The molecule has 20 nitrogen and oxygen atoms in total. The fourth-order valence-corrected chi connectivity index (χ4v) is 21.0. The number of likely N-dealkylation sites (tertiary alicyclic amines) is 4. The average molecular weight is 1650 g/mol. The molecule has 7 N–H and O–H groups in total. The van der Waals surface area contributed by atoms with Gasteiger partial charge in [-0.2, -0.15) is 46.6 Å². The third kappa shape index (κ3) is 24.0. The zero-order valence-corrected chi connectivity index (χ0v) is 73.7. The zero-order valence-electron chi connectivity index (χ0n) is 65.2. The Morgan fingerprint density at radius 2 is 0.843 bits per heavy atom. The van der Waals surface area contributed by atoms with E-state index < -0.39 is 39.4 Å². The van der Waals surface area contributed by atoms with Crippen LogP contribution in [0.4, 0.5) is 0 Å². The number of piperidine rings is 4. The quantitative estimate of drug-likeness (QED) is 0.0156. The molecule has 4 aromatic heterocycles. The van der Waals surface area contributed by atoms with Crippen molar-refractivity contribution in [2.75, 3.05) is 121 Å². The second-order valence-corrected chi connectivity index (χ2v) is 40.0. The van der Waals surface area contributed by atoms with Gasteiger partial charge in [0.1, 0.15) is 0 Å². The molecule has 1 unspecified atom stereocenters. The van der Waals surface area contributed by atoms with E-state index in [0.717, 1.165) is 101 Å². The molecule has 4 fully saturated rings. The standard InChI is InChI=1S/C19H26N2O3S.2C19H26N2S.C18H24N2O.CH3ClO2S.2CH4O3S.CH4S.Na/c1-3-7-21-11-13(12-24-25(2,22)23)8-16-15-5-4-6-17-19(15)14(10-20-17)9-18(16)21;2*1-3-7-21-11-13(12-22-2)8-16-15-5-4-6-17-19(15)14(10-20-17)9-18(16)21;1-2-6-20-10-12(11-21)7-15-14-4-3-5-16-18(14)13(9-19-16)8-17(15)20;3*1-5(2,3)4;1-2;/h4-6,10,13,16,18,20H,3,7-9,11-12H2,1-2H3;2*4-6,10,13,16,18,20H,3,7-9,11-12H2,1-2H3;3-5,9,12,15,17,19,21H,2,6-8,10-11H2,1H3;1H3;2*1H3,(H,2,3,4);2H,1H3;/q;;;;;;;;+1/p-1/t3*13-,16-,18-;12-,15-,17-;;;;;/m1111...../s1. The van der Waals surface area contributed by atoms with Crippen LogP contribution in [0.2, 0.25) is 0 Å². The van der Waals surface area contributed by atoms with Gasteiger partial charge in [0.15, 0.2) is 0 Å². The van der Waals surface area contributed by atoms with Gasteiger partial charge in [0.2, 0.25) is 9.05 Å². The molecule has 0 amide bonds. The Kier molecular flexibility index (Phi) is 34.3. The van der Waals surface area contributed by atoms with Crippen molar-refractivity contribution < 1.29 is 86.5 Å². The van der Waals surface area contributed by atoms with Crippen LogP contribution < -0.4 is 34.5 Å². The Morgan fingerprint density at radius 1 is 0.528 bits per heavy atom. The van der Waals surface area contributed by atoms with Crippen LogP contribution in [-0.2, 0) is 81.9 Å². The van der Waals surface area contributed by atoms with Crippen LogP contribution in [0.3, 0.4) is 0 Å². The minimum Gasteiger partial charge on any atom is -0.796 e. The Labute approximate surface area is 684 Å². The van der Waals surface area contributed by atoms with Crippen molar-refractivity contribution in [2.45, 2.75) is 153 Å². The number of aliphatic hydroxyl groups excluding tert-OH is 1. The summed E-state index contributed by atoms with van der Waals surface area (Å²) in [6.45, 7) is 19.2. The van der Waals surface area contributed by atoms with Gasteiger partial charge in [0, 0.05) is 171 Å². The van der Waals surface area contributed by atoms with Gasteiger partial charge in [-0.1, -0.05) is 76.2 Å². The van der Waals surface area contributed by atoms with Gasteiger partial charge >= 0.3 is 29.6 Å². The van der Waals surface area contributed by atoms with E-state index in [0.29, 0.717) is 55.0 Å². The van der Waals surface area contributed by atoms with Gasteiger partial charge in [-0.05, 0) is 195 Å². The summed E-state index contributed by atoms with van der Waals surface area (Å²) in [7, 11) is -9.66. The van der Waals surface area contributed by atoms with E-state index in [2.05, 4.69) is 196 Å². The topological polar surface area (TPSA) is 287 Å². The molecule has 594 valence electrons. The largest absolute Gasteiger partial charge is 1.00 e. The zero-order chi connectivity index (χ0) is 77.7. The molecule has 16 rings (SSSR count). The van der Waals surface area contributed by atoms with E-state index >= 15 is 0 Å². The predicted octanol–water partition coefficient (Wildman–Crippen LogP) is 8.93. The van der Waals surface area contributed by atoms with Crippen LogP contribution in [0.5, 0.6) is 0 Å². The van der Waals surface area contributed by atoms with Crippen molar-refractivity contribution in [1.29, 1.82) is 0 Å². The second-order valence-electron chi connectivity index (χ2n) is 30.6. The molecule has 4 aliphatic carbocycles. The van der Waals surface area contributed by atoms with Crippen molar-refractivity contribution in [1.82, 2.24) is 34.6 Å². The van der Waals surface area contributed by atoms with Gasteiger partial charge in [-0.15, -0.1) is 0 Å². The third-order valence-corrected chi connectivity index (χ3v) is 24.7. The molecule has 29 heteroatoms. The number of aliphatic hydroxyl groups is 1. The van der Waals surface area contributed by atoms with Crippen LogP contribution in [0.25, 0.3) is 43.6 Å². The molecule has 0 saturated carbocycles. The Hall–Kier alpha value is -3.14. The summed E-state index contributed by atoms with van der Waals surface area (Å²) in [5.74, 6) is 7.55. The minimum absolute atomic E-state index is 0. The number of thioether (sulfide) groups is 2. The van der Waals surface area contributed by atoms with Crippen molar-refractivity contribution in [3.63, 3.8) is 0 Å². The summed E-state index contributed by atoms with van der Waals surface area (Å²) in [4.78, 5) is 23.7. The summed E-state index contributed by atoms with van der Waals surface area (Å²) >= 11 is 8.13. The van der Waals surface area contributed by atoms with Gasteiger partial charge in [-0.3, -0.25) is 23.4 Å². The number of aromatic nitrogens is 4. The van der Waals surface area contributed by atoms with Crippen LogP contribution in [0, 0.1) is 23.7 Å². The molecule has 8 aliphatic rings. The molecule has 0 bridgehead atoms. The molecule has 0 radical (unpaired) electrons. The minimum atomic E-state index is -3.92. The number of H-pyrrole nitrogens is 4. The Balaban J connectivity index is 0.000000169. The van der Waals surface area contributed by atoms with Crippen LogP contribution in [-0.4, -0.2) is 228 Å². The first-order valence-electron chi connectivity index (χ1n) is 37.9. The molecule has 108 heavy (non-hydrogen) atoms. The number of nitrogens with one attached hydrogen (secondary N) is 5. The van der Waals surface area contributed by atoms with Crippen LogP contribution >= 0.6 is 34.2 Å². The maximum Gasteiger partial charge on any atom is 1.00 e. The van der Waals surface area contributed by atoms with E-state index in [9.17, 15) is 30.4 Å². The van der Waals surface area contributed by atoms with Crippen molar-refractivity contribution in [2.24, 2.45) is 23.7 Å². The monoisotopic (exact) mass is 1650 g/mol. The van der Waals surface area contributed by atoms with E-state index in [1.807, 2.05) is 28.4 Å². The number of quaternary nitrogens is 1. The third-order valence-electron chi connectivity index (χ3n) is 22.5. The molecule has 0 spiro atoms. The predicted molar refractivity (Wildman–Crippen MR) is 445 cm³/mol. The first-order chi connectivity index (χ1) is 50.9. The number of rotatable bonds is 16. The van der Waals surface area contributed by atoms with Crippen molar-refractivity contribution in [3.8, 4) is 0 Å². The normalized spacial score (nSPS) is 25.4. The number of aromatic amines is 4. The fraction of sp³-hybridized carbons (Fsp3) is 0.595. The van der Waals surface area contributed by atoms with E-state index in [1.165, 1.54) is 149 Å². The molecule has 4 aliphatic heterocycles. The molecule has 8 heterocycles. The molecule has 4 aromatic carbocycles. The van der Waals surface area contributed by atoms with E-state index in [1.54, 1.807) is 28.3 Å². The fourth-order valence-electron chi connectivity index (χ4n) is 19.2. The Bertz CT molecular complexity index is 4460. The van der Waals surface area contributed by atoms with Gasteiger partial charge in [0.25, 0.3) is 20.2 Å². The van der Waals surface area contributed by atoms with Gasteiger partial charge in [-0.25, -0.2) is 16.8 Å². The summed E-state index contributed by atoms with van der Waals surface area (Å²) in [6, 6.07) is 29.6. The molecule has 8 aromatic rings. The molecular formula is C79H116ClN8NaO12S7. The SMILES string of the molecule is CCCN1C[C@H](CO)C[C@@H]2c3cccc4[nH]cc(c34)C[C@H]21.CCCN1C[C@H](COS(C)(=O)=O)C[C@@H]2c3cccc4[nH]cc(c34)C[C@H]21.CCCN1C[C@H](CSC)C[C@@H]2c3cccc4[nH]cc(c34)C[C@H]21.CCC[NH+]1C[C@H](CSC)C[C@@H]2c3cccc4[nH]cc(c34)C[C@H]21.CS(=O)(=O)Cl.CS(=O)(=O)O.CS(=O)(=O)[O-].C[S-].[Na+]. The van der Waals surface area contributed by atoms with Crippen LogP contribution in [0.1, 0.15) is 147 Å². The van der Waals surface area contributed by atoms with Crippen LogP contribution in [0.15, 0.2) is 97.6 Å². The number of fused-ring (bicyclic) bond motifs is 8. The maximum atomic E-state index is 11.4. The number of nitrogens with zero attached hydrogens (tertiary/aromatic N) is 3. The Morgan fingerprint density at radius 3 is 1.19 bits per heavy atom. The smallest absolute Gasteiger partial charge is 0.796 e. The summed E-state index contributed by atoms with van der Waals surface area (Å²) < 4.78 is 99.8. The second kappa shape index (κ2) is 40.9. The number of hydrogen-bond donors (Lipinski definition) is 7. The van der Waals surface area contributed by atoms with E-state index in [-0.39, 0.29) is 42.1 Å². The van der Waals surface area contributed by atoms with Gasteiger partial charge < -0.3 is 47.1 Å². The number of benzene rings is 4. The molecule has 4 saturated heterocycles. The molecular weight excluding hydrogens is 1540 g/mol.